The van der Waals surface area contributed by atoms with E-state index >= 15 is 0 Å². The number of hydrogen-bond donors (Lipinski definition) is 0. The molecule has 9 aromatic rings. The van der Waals surface area contributed by atoms with Gasteiger partial charge in [0.15, 0.2) is 5.65 Å². The summed E-state index contributed by atoms with van der Waals surface area (Å²) in [7, 11) is 0. The van der Waals surface area contributed by atoms with Crippen molar-refractivity contribution < 1.29 is 0 Å². The van der Waals surface area contributed by atoms with Crippen molar-refractivity contribution in [1.29, 1.82) is 0 Å². The highest BCUT2D eigenvalue weighted by Gasteiger charge is 2.36. The molecular formula is C48H30N8. The quantitative estimate of drug-likeness (QED) is 0.178. The van der Waals surface area contributed by atoms with Crippen LogP contribution in [0.3, 0.4) is 0 Å². The molecule has 7 aromatic carbocycles. The fraction of sp³-hybridized carbons (Fsp3) is 0. The molecule has 0 atom stereocenters. The normalized spacial score (nSPS) is 13.2. The van der Waals surface area contributed by atoms with Crippen LogP contribution in [-0.4, -0.2) is 19.9 Å². The summed E-state index contributed by atoms with van der Waals surface area (Å²) in [6, 6.07) is 63.1. The minimum Gasteiger partial charge on any atom is -0.306 e. The Kier molecular flexibility index (Phi) is 6.47. The third-order valence-corrected chi connectivity index (χ3v) is 10.9. The molecule has 0 bridgehead atoms. The van der Waals surface area contributed by atoms with Crippen molar-refractivity contribution in [2.24, 2.45) is 0 Å². The smallest absolute Gasteiger partial charge is 0.237 e. The molecule has 56 heavy (non-hydrogen) atoms. The summed E-state index contributed by atoms with van der Waals surface area (Å²) in [5.74, 6) is 1.09. The van der Waals surface area contributed by atoms with Gasteiger partial charge in [0.05, 0.1) is 62.3 Å². The van der Waals surface area contributed by atoms with E-state index in [0.29, 0.717) is 17.5 Å². The minimum atomic E-state index is 0.544. The van der Waals surface area contributed by atoms with E-state index in [1.807, 2.05) is 12.1 Å². The van der Waals surface area contributed by atoms with Crippen LogP contribution in [0, 0.1) is 0 Å². The number of hydrogen-bond acceptors (Lipinski definition) is 8. The molecule has 0 unspecified atom stereocenters. The highest BCUT2D eigenvalue weighted by Crippen LogP contribution is 2.56. The molecule has 0 N–H and O–H groups in total. The van der Waals surface area contributed by atoms with Gasteiger partial charge in [-0.15, -0.1) is 0 Å². The molecule has 0 amide bonds. The molecule has 8 heteroatoms. The number of fused-ring (bicyclic) bond motifs is 7. The van der Waals surface area contributed by atoms with E-state index in [9.17, 15) is 0 Å². The predicted octanol–water partition coefficient (Wildman–Crippen LogP) is 12.6. The fourth-order valence-corrected chi connectivity index (χ4v) is 8.53. The van der Waals surface area contributed by atoms with Gasteiger partial charge < -0.3 is 9.80 Å². The standard InChI is InChI=1S/C48H30N8/c1-3-17-31(18-4-1)53-35-23-9-13-27-39(35)55(40-28-14-10-24-36(40)53)47-49-44-33-21-7-8-22-34(33)45-43(44)46(51-47)52-48(50-45)56-41-29-15-11-25-37(41)54(32-19-5-2-6-20-32)38-26-12-16-30-42(38)56/h1-30H. The molecule has 262 valence electrons. The van der Waals surface area contributed by atoms with Crippen molar-refractivity contribution in [3.05, 3.63) is 182 Å². The number of rotatable bonds is 4. The zero-order chi connectivity index (χ0) is 36.7. The summed E-state index contributed by atoms with van der Waals surface area (Å²) < 4.78 is 0. The van der Waals surface area contributed by atoms with E-state index in [1.165, 1.54) is 0 Å². The third-order valence-electron chi connectivity index (χ3n) is 10.9. The second-order valence-electron chi connectivity index (χ2n) is 14.0. The molecule has 0 radical (unpaired) electrons. The molecule has 0 saturated carbocycles. The number of nitrogens with zero attached hydrogens (tertiary/aromatic N) is 8. The second kappa shape index (κ2) is 11.8. The third kappa shape index (κ3) is 4.35. The Labute approximate surface area is 322 Å². The highest BCUT2D eigenvalue weighted by atomic mass is 15.4. The Morgan fingerprint density at radius 1 is 0.268 bits per heavy atom. The molecule has 0 fully saturated rings. The Morgan fingerprint density at radius 2 is 0.554 bits per heavy atom. The van der Waals surface area contributed by atoms with Crippen molar-refractivity contribution in [2.75, 3.05) is 19.6 Å². The first kappa shape index (κ1) is 30.6. The van der Waals surface area contributed by atoms with Gasteiger partial charge in [0.1, 0.15) is 0 Å². The molecular weight excluding hydrogens is 689 g/mol. The predicted molar refractivity (Wildman–Crippen MR) is 225 cm³/mol. The van der Waals surface area contributed by atoms with Gasteiger partial charge in [-0.2, -0.15) is 9.97 Å². The maximum Gasteiger partial charge on any atom is 0.237 e. The van der Waals surface area contributed by atoms with E-state index < -0.39 is 0 Å². The molecule has 12 rings (SSSR count). The highest BCUT2D eigenvalue weighted by molar-refractivity contribution is 6.12. The van der Waals surface area contributed by atoms with Crippen LogP contribution in [0.2, 0.25) is 0 Å². The Morgan fingerprint density at radius 3 is 0.893 bits per heavy atom. The lowest BCUT2D eigenvalue weighted by Gasteiger charge is -2.39. The van der Waals surface area contributed by atoms with Gasteiger partial charge in [-0.3, -0.25) is 9.80 Å². The molecule has 2 aliphatic heterocycles. The summed E-state index contributed by atoms with van der Waals surface area (Å²) in [5.41, 5.74) is 14.5. The van der Waals surface area contributed by atoms with Crippen molar-refractivity contribution >= 4 is 79.8 Å². The van der Waals surface area contributed by atoms with Crippen LogP contribution in [0.1, 0.15) is 0 Å². The Hall–Kier alpha value is -7.84. The summed E-state index contributed by atoms with van der Waals surface area (Å²) in [6.07, 6.45) is 0. The zero-order valence-corrected chi connectivity index (χ0v) is 29.9. The van der Waals surface area contributed by atoms with Crippen LogP contribution in [0.4, 0.5) is 68.8 Å². The minimum absolute atomic E-state index is 0.544. The first-order valence-corrected chi connectivity index (χ1v) is 18.7. The first-order chi connectivity index (χ1) is 27.8. The van der Waals surface area contributed by atoms with E-state index in [4.69, 9.17) is 19.9 Å². The lowest BCUT2D eigenvalue weighted by Crippen LogP contribution is -2.26. The van der Waals surface area contributed by atoms with E-state index in [1.54, 1.807) is 0 Å². The summed E-state index contributed by atoms with van der Waals surface area (Å²) in [6.45, 7) is 0. The molecule has 0 saturated heterocycles. The van der Waals surface area contributed by atoms with Gasteiger partial charge >= 0.3 is 0 Å². The van der Waals surface area contributed by atoms with Crippen molar-refractivity contribution in [3.8, 4) is 22.5 Å². The second-order valence-corrected chi connectivity index (χ2v) is 14.0. The van der Waals surface area contributed by atoms with Gasteiger partial charge in [0, 0.05) is 22.5 Å². The van der Waals surface area contributed by atoms with Crippen LogP contribution in [0.5, 0.6) is 0 Å². The largest absolute Gasteiger partial charge is 0.306 e. The van der Waals surface area contributed by atoms with Crippen LogP contribution >= 0.6 is 0 Å². The van der Waals surface area contributed by atoms with Gasteiger partial charge in [-0.25, -0.2) is 9.97 Å². The molecule has 1 aliphatic carbocycles. The maximum absolute atomic E-state index is 5.39. The van der Waals surface area contributed by atoms with Crippen LogP contribution < -0.4 is 19.6 Å². The SMILES string of the molecule is c1ccc(N2c3ccccc3N(c3nc4c5c(nc(N6c7ccccc7N(c7ccccc7)c7ccccc76)nc5n3)-c3ccccc3-4)c3ccccc32)cc1. The van der Waals surface area contributed by atoms with E-state index in [0.717, 1.165) is 84.8 Å². The first-order valence-electron chi connectivity index (χ1n) is 18.7. The molecule has 2 aromatic heterocycles. The van der Waals surface area contributed by atoms with Gasteiger partial charge in [-0.05, 0) is 72.8 Å². The van der Waals surface area contributed by atoms with Crippen molar-refractivity contribution in [2.45, 2.75) is 0 Å². The molecule has 8 nitrogen and oxygen atoms in total. The molecule has 3 aliphatic rings. The van der Waals surface area contributed by atoms with E-state index in [-0.39, 0.29) is 0 Å². The van der Waals surface area contributed by atoms with Gasteiger partial charge in [-0.1, -0.05) is 109 Å². The summed E-state index contributed by atoms with van der Waals surface area (Å²) >= 11 is 0. The number of aromatic nitrogens is 4. The number of anilines is 12. The zero-order valence-electron chi connectivity index (χ0n) is 29.9. The monoisotopic (exact) mass is 718 g/mol. The maximum atomic E-state index is 5.39. The van der Waals surface area contributed by atoms with Crippen LogP contribution in [0.25, 0.3) is 33.5 Å². The fourth-order valence-electron chi connectivity index (χ4n) is 8.53. The Balaban J connectivity index is 1.10. The lowest BCUT2D eigenvalue weighted by atomic mass is 10.1. The van der Waals surface area contributed by atoms with Crippen LogP contribution in [-0.2, 0) is 0 Å². The average Bonchev–Trinajstić information content (AvgIpc) is 3.58. The van der Waals surface area contributed by atoms with E-state index in [2.05, 4.69) is 189 Å². The molecule has 0 spiro atoms. The van der Waals surface area contributed by atoms with Gasteiger partial charge in [0.25, 0.3) is 0 Å². The number of para-hydroxylation sites is 10. The average molecular weight is 719 g/mol. The van der Waals surface area contributed by atoms with Crippen molar-refractivity contribution in [3.63, 3.8) is 0 Å². The Bertz CT molecular complexity index is 2730. The van der Waals surface area contributed by atoms with Gasteiger partial charge in [0.2, 0.25) is 11.9 Å². The molecule has 4 heterocycles. The topological polar surface area (TPSA) is 64.5 Å². The summed E-state index contributed by atoms with van der Waals surface area (Å²) in [4.78, 5) is 30.5. The lowest BCUT2D eigenvalue weighted by molar-refractivity contribution is 1.05. The van der Waals surface area contributed by atoms with Crippen LogP contribution in [0.15, 0.2) is 182 Å². The van der Waals surface area contributed by atoms with Crippen molar-refractivity contribution in [1.82, 2.24) is 19.9 Å². The summed E-state index contributed by atoms with van der Waals surface area (Å²) in [5, 5.41) is 0.854. The number of benzene rings is 7.